The van der Waals surface area contributed by atoms with Crippen molar-refractivity contribution in [2.24, 2.45) is 0 Å². The average molecular weight is 469 g/mol. The highest BCUT2D eigenvalue weighted by atomic mass is 19.4. The molecule has 1 fully saturated rings. The van der Waals surface area contributed by atoms with E-state index < -0.39 is 17.8 Å². The number of amides is 1. The predicted molar refractivity (Wildman–Crippen MR) is 117 cm³/mol. The maximum absolute atomic E-state index is 13.9. The fourth-order valence-corrected chi connectivity index (χ4v) is 4.64. The zero-order chi connectivity index (χ0) is 24.0. The Hall–Kier alpha value is -3.69. The van der Waals surface area contributed by atoms with Crippen LogP contribution in [0.2, 0.25) is 0 Å². The number of likely N-dealkylation sites (tertiary alicyclic amines) is 1. The van der Waals surface area contributed by atoms with Crippen molar-refractivity contribution >= 4 is 11.6 Å². The molecule has 4 aromatic rings. The number of aryl methyl sites for hydroxylation is 2. The molecule has 1 aliphatic rings. The molecule has 0 bridgehead atoms. The first-order valence-electron chi connectivity index (χ1n) is 11.1. The molecule has 0 spiro atoms. The quantitative estimate of drug-likeness (QED) is 0.408. The molecule has 0 aliphatic carbocycles. The van der Waals surface area contributed by atoms with Crippen LogP contribution in [-0.4, -0.2) is 37.1 Å². The van der Waals surface area contributed by atoms with Crippen molar-refractivity contribution in [2.45, 2.75) is 45.3 Å². The molecule has 1 unspecified atom stereocenters. The Morgan fingerprint density at radius 2 is 2.00 bits per heavy atom. The number of hydrogen-bond donors (Lipinski definition) is 0. The minimum absolute atomic E-state index is 0.0299. The van der Waals surface area contributed by atoms with Gasteiger partial charge >= 0.3 is 6.18 Å². The number of nitrogens with zero attached hydrogens (tertiary/aromatic N) is 5. The van der Waals surface area contributed by atoms with Gasteiger partial charge < -0.3 is 9.42 Å². The summed E-state index contributed by atoms with van der Waals surface area (Å²) in [5, 5.41) is 7.96. The number of alkyl halides is 3. The van der Waals surface area contributed by atoms with Crippen LogP contribution in [0.1, 0.15) is 58.9 Å². The Bertz CT molecular complexity index is 1360. The number of aromatic nitrogens is 4. The van der Waals surface area contributed by atoms with Crippen LogP contribution >= 0.6 is 0 Å². The monoisotopic (exact) mass is 469 g/mol. The third-order valence-electron chi connectivity index (χ3n) is 6.21. The van der Waals surface area contributed by atoms with Gasteiger partial charge in [-0.05, 0) is 25.8 Å². The Morgan fingerprint density at radius 1 is 1.24 bits per heavy atom. The topological polar surface area (TPSA) is 76.5 Å². The molecule has 3 aromatic heterocycles. The van der Waals surface area contributed by atoms with E-state index in [0.29, 0.717) is 34.5 Å². The second-order valence-electron chi connectivity index (χ2n) is 8.30. The lowest BCUT2D eigenvalue weighted by atomic mass is 10.0. The van der Waals surface area contributed by atoms with Crippen LogP contribution < -0.4 is 0 Å². The van der Waals surface area contributed by atoms with Crippen LogP contribution in [0.3, 0.4) is 0 Å². The average Bonchev–Trinajstić information content (AvgIpc) is 3.55. The molecular formula is C24H22F3N5O2. The van der Waals surface area contributed by atoms with Crippen LogP contribution in [0.25, 0.3) is 16.9 Å². The summed E-state index contributed by atoms with van der Waals surface area (Å²) in [6.45, 7) is 4.25. The minimum atomic E-state index is -4.68. The van der Waals surface area contributed by atoms with Crippen molar-refractivity contribution in [3.8, 4) is 11.3 Å². The highest BCUT2D eigenvalue weighted by Crippen LogP contribution is 2.38. The third-order valence-corrected chi connectivity index (χ3v) is 6.21. The molecule has 1 saturated heterocycles. The summed E-state index contributed by atoms with van der Waals surface area (Å²) in [4.78, 5) is 19.7. The van der Waals surface area contributed by atoms with Gasteiger partial charge in [-0.15, -0.1) is 0 Å². The van der Waals surface area contributed by atoms with Gasteiger partial charge in [0.2, 0.25) is 0 Å². The van der Waals surface area contributed by atoms with E-state index in [9.17, 15) is 18.0 Å². The number of benzene rings is 1. The van der Waals surface area contributed by atoms with Crippen molar-refractivity contribution in [2.75, 3.05) is 6.54 Å². The van der Waals surface area contributed by atoms with E-state index in [1.54, 1.807) is 35.2 Å². The molecule has 1 aromatic carbocycles. The molecular weight excluding hydrogens is 447 g/mol. The zero-order valence-corrected chi connectivity index (χ0v) is 18.6. The number of halogens is 3. The van der Waals surface area contributed by atoms with E-state index >= 15 is 0 Å². The van der Waals surface area contributed by atoms with E-state index in [2.05, 4.69) is 15.2 Å². The van der Waals surface area contributed by atoms with Gasteiger partial charge in [0.1, 0.15) is 11.3 Å². The van der Waals surface area contributed by atoms with Crippen molar-refractivity contribution in [3.63, 3.8) is 0 Å². The van der Waals surface area contributed by atoms with Gasteiger partial charge in [-0.2, -0.15) is 18.3 Å². The number of carbonyl (C=O) groups is 1. The van der Waals surface area contributed by atoms with Gasteiger partial charge in [-0.3, -0.25) is 4.79 Å². The second-order valence-corrected chi connectivity index (χ2v) is 8.30. The summed E-state index contributed by atoms with van der Waals surface area (Å²) in [6, 6.07) is 9.25. The first-order valence-corrected chi connectivity index (χ1v) is 11.1. The summed E-state index contributed by atoms with van der Waals surface area (Å²) >= 11 is 0. The summed E-state index contributed by atoms with van der Waals surface area (Å²) in [5.41, 5.74) is 1.14. The van der Waals surface area contributed by atoms with E-state index in [0.717, 1.165) is 24.5 Å². The van der Waals surface area contributed by atoms with Gasteiger partial charge in [0.15, 0.2) is 11.3 Å². The minimum Gasteiger partial charge on any atom is -0.361 e. The van der Waals surface area contributed by atoms with Crippen LogP contribution in [0.5, 0.6) is 0 Å². The van der Waals surface area contributed by atoms with Crippen LogP contribution in [0.4, 0.5) is 13.2 Å². The molecule has 1 atom stereocenters. The van der Waals surface area contributed by atoms with Crippen molar-refractivity contribution < 1.29 is 22.5 Å². The molecule has 34 heavy (non-hydrogen) atoms. The highest BCUT2D eigenvalue weighted by molar-refractivity contribution is 6.00. The van der Waals surface area contributed by atoms with E-state index in [1.807, 2.05) is 13.8 Å². The summed E-state index contributed by atoms with van der Waals surface area (Å²) in [6.07, 6.45) is -1.40. The Kier molecular flexibility index (Phi) is 5.38. The van der Waals surface area contributed by atoms with Crippen LogP contribution in [0.15, 0.2) is 47.1 Å². The molecule has 5 rings (SSSR count). The van der Waals surface area contributed by atoms with Crippen molar-refractivity contribution in [1.29, 1.82) is 0 Å². The van der Waals surface area contributed by atoms with Gasteiger partial charge in [-0.25, -0.2) is 9.50 Å². The lowest BCUT2D eigenvalue weighted by molar-refractivity contribution is -0.142. The number of fused-ring (bicyclic) bond motifs is 1. The van der Waals surface area contributed by atoms with Crippen LogP contribution in [-0.2, 0) is 12.6 Å². The summed E-state index contributed by atoms with van der Waals surface area (Å²) in [5.74, 6) is 0.303. The normalized spacial score (nSPS) is 16.5. The fourth-order valence-electron chi connectivity index (χ4n) is 4.64. The molecule has 1 amide bonds. The Labute approximate surface area is 193 Å². The maximum atomic E-state index is 13.9. The van der Waals surface area contributed by atoms with E-state index in [4.69, 9.17) is 4.52 Å². The van der Waals surface area contributed by atoms with Crippen molar-refractivity contribution in [1.82, 2.24) is 24.7 Å². The molecule has 0 N–H and O–H groups in total. The molecule has 10 heteroatoms. The summed E-state index contributed by atoms with van der Waals surface area (Å²) < 4.78 is 47.8. The lowest BCUT2D eigenvalue weighted by Gasteiger charge is -2.24. The smallest absolute Gasteiger partial charge is 0.361 e. The van der Waals surface area contributed by atoms with Gasteiger partial charge in [0.25, 0.3) is 5.91 Å². The molecule has 7 nitrogen and oxygen atoms in total. The molecule has 1 aliphatic heterocycles. The Balaban J connectivity index is 1.62. The number of rotatable bonds is 4. The summed E-state index contributed by atoms with van der Waals surface area (Å²) in [7, 11) is 0. The molecule has 176 valence electrons. The van der Waals surface area contributed by atoms with Gasteiger partial charge in [0.05, 0.1) is 23.6 Å². The lowest BCUT2D eigenvalue weighted by Crippen LogP contribution is -2.31. The standard InChI is InChI=1S/C24H22F3N5O2/c1-3-19-21(14(2)30-34-19)18-10-7-11-31(18)23(33)16-13-28-32-20(24(25,26)27)12-17(29-22(16)32)15-8-5-4-6-9-15/h4-6,8-9,12-13,18H,3,7,10-11H2,1-2H3. The first kappa shape index (κ1) is 22.1. The van der Waals surface area contributed by atoms with Crippen molar-refractivity contribution in [3.05, 3.63) is 70.9 Å². The highest BCUT2D eigenvalue weighted by Gasteiger charge is 2.39. The van der Waals surface area contributed by atoms with E-state index in [1.165, 1.54) is 6.20 Å². The second kappa shape index (κ2) is 8.27. The Morgan fingerprint density at radius 3 is 2.71 bits per heavy atom. The number of carbonyl (C=O) groups excluding carboxylic acids is 1. The molecule has 0 radical (unpaired) electrons. The largest absolute Gasteiger partial charge is 0.433 e. The molecule has 4 heterocycles. The molecule has 0 saturated carbocycles. The SMILES string of the molecule is CCc1onc(C)c1C1CCCN1C(=O)c1cnn2c(C(F)(F)F)cc(-c3ccccc3)nc12. The number of hydrogen-bond acceptors (Lipinski definition) is 5. The fraction of sp³-hybridized carbons (Fsp3) is 0.333. The maximum Gasteiger partial charge on any atom is 0.433 e. The van der Waals surface area contributed by atoms with Gasteiger partial charge in [0, 0.05) is 24.1 Å². The third kappa shape index (κ3) is 3.63. The predicted octanol–water partition coefficient (Wildman–Crippen LogP) is 5.25. The first-order chi connectivity index (χ1) is 16.3. The van der Waals surface area contributed by atoms with Gasteiger partial charge in [-0.1, -0.05) is 42.4 Å². The van der Waals surface area contributed by atoms with E-state index in [-0.39, 0.29) is 22.9 Å². The zero-order valence-electron chi connectivity index (χ0n) is 18.6. The van der Waals surface area contributed by atoms with Crippen LogP contribution in [0, 0.1) is 6.92 Å².